The van der Waals surface area contributed by atoms with Crippen LogP contribution in [-0.4, -0.2) is 22.2 Å². The molecule has 0 bridgehead atoms. The summed E-state index contributed by atoms with van der Waals surface area (Å²) < 4.78 is 1.72. The molecular formula is C16H19N3O. The van der Waals surface area contributed by atoms with Crippen molar-refractivity contribution < 1.29 is 4.79 Å². The molecule has 3 rings (SSSR count). The first-order chi connectivity index (χ1) is 9.62. The summed E-state index contributed by atoms with van der Waals surface area (Å²) in [7, 11) is 1.85. The SMILES string of the molecule is Cc1c(C(=O)NCC2(c3ccccc3)CC2)cnn1C. The van der Waals surface area contributed by atoms with Gasteiger partial charge in [0.05, 0.1) is 11.8 Å². The van der Waals surface area contributed by atoms with Gasteiger partial charge in [0.25, 0.3) is 5.91 Å². The molecule has 1 fully saturated rings. The van der Waals surface area contributed by atoms with Gasteiger partial charge in [0, 0.05) is 24.7 Å². The number of aromatic nitrogens is 2. The molecule has 4 heteroatoms. The lowest BCUT2D eigenvalue weighted by Gasteiger charge is -2.16. The molecule has 1 aliphatic carbocycles. The monoisotopic (exact) mass is 269 g/mol. The molecule has 1 N–H and O–H groups in total. The summed E-state index contributed by atoms with van der Waals surface area (Å²) in [5, 5.41) is 7.17. The van der Waals surface area contributed by atoms with Gasteiger partial charge in [-0.2, -0.15) is 5.10 Å². The van der Waals surface area contributed by atoms with Crippen LogP contribution in [0.1, 0.15) is 34.5 Å². The third kappa shape index (κ3) is 2.22. The third-order valence-electron chi connectivity index (χ3n) is 4.31. The van der Waals surface area contributed by atoms with Crippen LogP contribution in [0.4, 0.5) is 0 Å². The minimum absolute atomic E-state index is 0.0298. The lowest BCUT2D eigenvalue weighted by atomic mass is 9.96. The fourth-order valence-electron chi connectivity index (χ4n) is 2.58. The van der Waals surface area contributed by atoms with E-state index >= 15 is 0 Å². The minimum atomic E-state index is -0.0298. The molecule has 1 aromatic heterocycles. The van der Waals surface area contributed by atoms with E-state index in [4.69, 9.17) is 0 Å². The largest absolute Gasteiger partial charge is 0.351 e. The van der Waals surface area contributed by atoms with E-state index in [1.54, 1.807) is 10.9 Å². The van der Waals surface area contributed by atoms with Gasteiger partial charge >= 0.3 is 0 Å². The van der Waals surface area contributed by atoms with Crippen LogP contribution in [-0.2, 0) is 12.5 Å². The third-order valence-corrected chi connectivity index (χ3v) is 4.31. The Morgan fingerprint density at radius 2 is 2.05 bits per heavy atom. The van der Waals surface area contributed by atoms with Crippen molar-refractivity contribution in [1.82, 2.24) is 15.1 Å². The Hall–Kier alpha value is -2.10. The molecule has 1 heterocycles. The van der Waals surface area contributed by atoms with E-state index in [1.807, 2.05) is 20.0 Å². The second-order valence-corrected chi connectivity index (χ2v) is 5.60. The molecule has 2 aromatic rings. The number of hydrogen-bond donors (Lipinski definition) is 1. The maximum Gasteiger partial charge on any atom is 0.254 e. The van der Waals surface area contributed by atoms with Gasteiger partial charge in [0.1, 0.15) is 0 Å². The van der Waals surface area contributed by atoms with Crippen LogP contribution in [0.3, 0.4) is 0 Å². The Balaban J connectivity index is 1.68. The van der Waals surface area contributed by atoms with E-state index in [0.717, 1.165) is 18.5 Å². The zero-order valence-electron chi connectivity index (χ0n) is 11.9. The average molecular weight is 269 g/mol. The lowest BCUT2D eigenvalue weighted by molar-refractivity contribution is 0.0949. The molecular weight excluding hydrogens is 250 g/mol. The van der Waals surface area contributed by atoms with E-state index in [1.165, 1.54) is 5.56 Å². The first-order valence-electron chi connectivity index (χ1n) is 6.95. The Bertz CT molecular complexity index is 626. The fourth-order valence-corrected chi connectivity index (χ4v) is 2.58. The molecule has 0 atom stereocenters. The fraction of sp³-hybridized carbons (Fsp3) is 0.375. The molecule has 0 unspecified atom stereocenters. The molecule has 0 radical (unpaired) electrons. The van der Waals surface area contributed by atoms with Gasteiger partial charge < -0.3 is 5.32 Å². The smallest absolute Gasteiger partial charge is 0.254 e. The first kappa shape index (κ1) is 12.9. The van der Waals surface area contributed by atoms with Gasteiger partial charge in [0.15, 0.2) is 0 Å². The Morgan fingerprint density at radius 3 is 2.60 bits per heavy atom. The maximum absolute atomic E-state index is 12.2. The Labute approximate surface area is 118 Å². The minimum Gasteiger partial charge on any atom is -0.351 e. The molecule has 1 aromatic carbocycles. The number of aryl methyl sites for hydroxylation is 1. The second-order valence-electron chi connectivity index (χ2n) is 5.60. The van der Waals surface area contributed by atoms with Crippen molar-refractivity contribution in [1.29, 1.82) is 0 Å². The topological polar surface area (TPSA) is 46.9 Å². The maximum atomic E-state index is 12.2. The Kier molecular flexibility index (Phi) is 3.08. The number of nitrogens with one attached hydrogen (secondary N) is 1. The zero-order chi connectivity index (χ0) is 14.2. The average Bonchev–Trinajstić information content (AvgIpc) is 3.20. The van der Waals surface area contributed by atoms with Gasteiger partial charge in [0.2, 0.25) is 0 Å². The molecule has 4 nitrogen and oxygen atoms in total. The number of nitrogens with zero attached hydrogens (tertiary/aromatic N) is 2. The van der Waals surface area contributed by atoms with Crippen molar-refractivity contribution in [3.8, 4) is 0 Å². The highest BCUT2D eigenvalue weighted by molar-refractivity contribution is 5.95. The van der Waals surface area contributed by atoms with Gasteiger partial charge in [-0.05, 0) is 25.3 Å². The highest BCUT2D eigenvalue weighted by atomic mass is 16.1. The van der Waals surface area contributed by atoms with Crippen LogP contribution in [0.5, 0.6) is 0 Å². The highest BCUT2D eigenvalue weighted by Crippen LogP contribution is 2.47. The summed E-state index contributed by atoms with van der Waals surface area (Å²) in [5.41, 5.74) is 3.03. The number of benzene rings is 1. The van der Waals surface area contributed by atoms with Gasteiger partial charge in [-0.3, -0.25) is 9.48 Å². The van der Waals surface area contributed by atoms with Crippen molar-refractivity contribution >= 4 is 5.91 Å². The number of carbonyl (C=O) groups excluding carboxylic acids is 1. The summed E-state index contributed by atoms with van der Waals surface area (Å²) in [6, 6.07) is 10.4. The normalized spacial score (nSPS) is 15.9. The van der Waals surface area contributed by atoms with E-state index in [9.17, 15) is 4.79 Å². The van der Waals surface area contributed by atoms with Gasteiger partial charge in [-0.25, -0.2) is 0 Å². The molecule has 0 spiro atoms. The number of amides is 1. The van der Waals surface area contributed by atoms with Crippen LogP contribution >= 0.6 is 0 Å². The van der Waals surface area contributed by atoms with Crippen LogP contribution in [0.25, 0.3) is 0 Å². The van der Waals surface area contributed by atoms with E-state index in [-0.39, 0.29) is 11.3 Å². The summed E-state index contributed by atoms with van der Waals surface area (Å²) in [5.74, 6) is -0.0298. The molecule has 104 valence electrons. The molecule has 20 heavy (non-hydrogen) atoms. The van der Waals surface area contributed by atoms with Crippen LogP contribution in [0.15, 0.2) is 36.5 Å². The van der Waals surface area contributed by atoms with Crippen molar-refractivity contribution in [2.75, 3.05) is 6.54 Å². The van der Waals surface area contributed by atoms with Crippen molar-refractivity contribution in [2.24, 2.45) is 7.05 Å². The standard InChI is InChI=1S/C16H19N3O/c1-12-14(10-18-19(12)2)15(20)17-11-16(8-9-16)13-6-4-3-5-7-13/h3-7,10H,8-9,11H2,1-2H3,(H,17,20). The van der Waals surface area contributed by atoms with Crippen molar-refractivity contribution in [3.63, 3.8) is 0 Å². The summed E-state index contributed by atoms with van der Waals surface area (Å²) in [6.07, 6.45) is 3.92. The van der Waals surface area contributed by atoms with Crippen molar-refractivity contribution in [3.05, 3.63) is 53.3 Å². The number of hydrogen-bond acceptors (Lipinski definition) is 2. The number of rotatable bonds is 4. The molecule has 1 saturated carbocycles. The predicted octanol–water partition coefficient (Wildman–Crippen LogP) is 2.19. The zero-order valence-corrected chi connectivity index (χ0v) is 11.9. The molecule has 0 saturated heterocycles. The number of carbonyl (C=O) groups is 1. The summed E-state index contributed by atoms with van der Waals surface area (Å²) in [4.78, 5) is 12.2. The molecule has 1 amide bonds. The highest BCUT2D eigenvalue weighted by Gasteiger charge is 2.44. The quantitative estimate of drug-likeness (QED) is 0.925. The van der Waals surface area contributed by atoms with Crippen LogP contribution in [0, 0.1) is 6.92 Å². The van der Waals surface area contributed by atoms with Gasteiger partial charge in [-0.1, -0.05) is 30.3 Å². The second kappa shape index (κ2) is 4.78. The molecule has 0 aliphatic heterocycles. The van der Waals surface area contributed by atoms with Crippen LogP contribution < -0.4 is 5.32 Å². The van der Waals surface area contributed by atoms with Crippen molar-refractivity contribution in [2.45, 2.75) is 25.2 Å². The summed E-state index contributed by atoms with van der Waals surface area (Å²) >= 11 is 0. The van der Waals surface area contributed by atoms with Crippen LogP contribution in [0.2, 0.25) is 0 Å². The summed E-state index contributed by atoms with van der Waals surface area (Å²) in [6.45, 7) is 2.61. The van der Waals surface area contributed by atoms with E-state index in [0.29, 0.717) is 12.1 Å². The molecule has 1 aliphatic rings. The first-order valence-corrected chi connectivity index (χ1v) is 6.95. The van der Waals surface area contributed by atoms with Gasteiger partial charge in [-0.15, -0.1) is 0 Å². The van der Waals surface area contributed by atoms with E-state index in [2.05, 4.69) is 34.7 Å². The Morgan fingerprint density at radius 1 is 1.35 bits per heavy atom. The van der Waals surface area contributed by atoms with E-state index < -0.39 is 0 Å². The predicted molar refractivity (Wildman–Crippen MR) is 77.6 cm³/mol. The lowest BCUT2D eigenvalue weighted by Crippen LogP contribution is -2.32.